The predicted octanol–water partition coefficient (Wildman–Crippen LogP) is 3.84. The molecule has 19 heavy (non-hydrogen) atoms. The van der Waals surface area contributed by atoms with E-state index in [0.717, 1.165) is 31.9 Å². The Morgan fingerprint density at radius 3 is 2.84 bits per heavy atom. The van der Waals surface area contributed by atoms with Crippen molar-refractivity contribution in [1.82, 2.24) is 5.32 Å². The molecule has 0 aromatic heterocycles. The Kier molecular flexibility index (Phi) is 5.13. The van der Waals surface area contributed by atoms with Crippen molar-refractivity contribution in [2.45, 2.75) is 37.8 Å². The van der Waals surface area contributed by atoms with Crippen LogP contribution in [0.2, 0.25) is 5.02 Å². The fourth-order valence-corrected chi connectivity index (χ4v) is 2.64. The van der Waals surface area contributed by atoms with Crippen LogP contribution in [0, 0.1) is 11.6 Å². The van der Waals surface area contributed by atoms with E-state index in [2.05, 4.69) is 5.32 Å². The minimum absolute atomic E-state index is 0.185. The Morgan fingerprint density at radius 1 is 1.42 bits per heavy atom. The lowest BCUT2D eigenvalue weighted by atomic mass is 9.99. The van der Waals surface area contributed by atoms with E-state index in [1.165, 1.54) is 6.07 Å². The van der Waals surface area contributed by atoms with Gasteiger partial charge in [0, 0.05) is 18.2 Å². The first-order chi connectivity index (χ1) is 9.11. The molecule has 1 saturated heterocycles. The van der Waals surface area contributed by atoms with E-state index in [1.807, 2.05) is 0 Å². The van der Waals surface area contributed by atoms with Gasteiger partial charge in [0.25, 0.3) is 0 Å². The Morgan fingerprint density at radius 2 is 2.21 bits per heavy atom. The average Bonchev–Trinajstić information content (AvgIpc) is 2.89. The third-order valence-electron chi connectivity index (χ3n) is 3.56. The van der Waals surface area contributed by atoms with Gasteiger partial charge < -0.3 is 10.1 Å². The van der Waals surface area contributed by atoms with Crippen molar-refractivity contribution in [3.63, 3.8) is 0 Å². The maximum absolute atomic E-state index is 13.8. The zero-order chi connectivity index (χ0) is 13.8. The van der Waals surface area contributed by atoms with Gasteiger partial charge in [-0.2, -0.15) is 0 Å². The molecule has 2 unspecified atom stereocenters. The molecule has 1 N–H and O–H groups in total. The van der Waals surface area contributed by atoms with Gasteiger partial charge in [-0.15, -0.1) is 0 Å². The summed E-state index contributed by atoms with van der Waals surface area (Å²) < 4.78 is 32.8. The lowest BCUT2D eigenvalue weighted by molar-refractivity contribution is 0.0997. The smallest absolute Gasteiger partial charge is 0.142 e. The van der Waals surface area contributed by atoms with Crippen LogP contribution >= 0.6 is 11.6 Å². The van der Waals surface area contributed by atoms with E-state index in [4.69, 9.17) is 16.3 Å². The normalized spacial score (nSPS) is 20.7. The molecule has 1 aliphatic heterocycles. The van der Waals surface area contributed by atoms with Crippen LogP contribution in [0.25, 0.3) is 0 Å². The van der Waals surface area contributed by atoms with Crippen LogP contribution in [0.3, 0.4) is 0 Å². The van der Waals surface area contributed by atoms with Crippen molar-refractivity contribution in [3.05, 3.63) is 34.4 Å². The maximum Gasteiger partial charge on any atom is 0.142 e. The standard InChI is InChI=1S/C14H18ClF2NO/c1-18-14(5-4-9-3-2-6-19-9)10-7-13(17)11(15)8-12(10)16/h7-9,14,18H,2-6H2,1H3. The summed E-state index contributed by atoms with van der Waals surface area (Å²) in [6, 6.07) is 1.98. The number of benzene rings is 1. The molecule has 2 rings (SSSR count). The van der Waals surface area contributed by atoms with Crippen LogP contribution in [0.15, 0.2) is 12.1 Å². The first-order valence-electron chi connectivity index (χ1n) is 6.55. The molecule has 0 saturated carbocycles. The van der Waals surface area contributed by atoms with Crippen molar-refractivity contribution >= 4 is 11.6 Å². The lowest BCUT2D eigenvalue weighted by Crippen LogP contribution is -2.20. The molecular weight excluding hydrogens is 272 g/mol. The van der Waals surface area contributed by atoms with Gasteiger partial charge in [0.15, 0.2) is 0 Å². The summed E-state index contributed by atoms with van der Waals surface area (Å²) in [5.74, 6) is -1.06. The second kappa shape index (κ2) is 6.64. The summed E-state index contributed by atoms with van der Waals surface area (Å²) in [5, 5.41) is 2.84. The summed E-state index contributed by atoms with van der Waals surface area (Å²) >= 11 is 5.56. The molecule has 0 radical (unpaired) electrons. The SMILES string of the molecule is CNC(CCC1CCCO1)c1cc(F)c(Cl)cc1F. The number of halogens is 3. The topological polar surface area (TPSA) is 21.3 Å². The minimum Gasteiger partial charge on any atom is -0.378 e. The van der Waals surface area contributed by atoms with Gasteiger partial charge in [-0.25, -0.2) is 8.78 Å². The molecule has 1 aromatic rings. The number of hydrogen-bond donors (Lipinski definition) is 1. The van der Waals surface area contributed by atoms with Crippen molar-refractivity contribution < 1.29 is 13.5 Å². The Labute approximate surface area is 117 Å². The molecule has 1 heterocycles. The molecule has 0 amide bonds. The molecule has 1 aromatic carbocycles. The predicted molar refractivity (Wildman–Crippen MR) is 71.4 cm³/mol. The van der Waals surface area contributed by atoms with Gasteiger partial charge in [-0.1, -0.05) is 11.6 Å². The van der Waals surface area contributed by atoms with Gasteiger partial charge in [-0.05, 0) is 44.9 Å². The highest BCUT2D eigenvalue weighted by molar-refractivity contribution is 6.30. The fraction of sp³-hybridized carbons (Fsp3) is 0.571. The first kappa shape index (κ1) is 14.7. The zero-order valence-corrected chi connectivity index (χ0v) is 11.6. The second-order valence-electron chi connectivity index (χ2n) is 4.84. The van der Waals surface area contributed by atoms with E-state index in [9.17, 15) is 8.78 Å². The molecule has 2 atom stereocenters. The quantitative estimate of drug-likeness (QED) is 0.832. The van der Waals surface area contributed by atoms with Gasteiger partial charge in [0.1, 0.15) is 11.6 Å². The molecule has 0 aliphatic carbocycles. The van der Waals surface area contributed by atoms with E-state index >= 15 is 0 Å². The van der Waals surface area contributed by atoms with Crippen molar-refractivity contribution in [3.8, 4) is 0 Å². The summed E-state index contributed by atoms with van der Waals surface area (Å²) in [6.45, 7) is 0.804. The monoisotopic (exact) mass is 289 g/mol. The van der Waals surface area contributed by atoms with Crippen molar-refractivity contribution in [2.75, 3.05) is 13.7 Å². The molecular formula is C14H18ClF2NO. The van der Waals surface area contributed by atoms with Crippen LogP contribution in [0.5, 0.6) is 0 Å². The van der Waals surface area contributed by atoms with E-state index in [1.54, 1.807) is 7.05 Å². The van der Waals surface area contributed by atoms with Gasteiger partial charge in [-0.3, -0.25) is 0 Å². The Balaban J connectivity index is 2.05. The Hall–Kier alpha value is -0.710. The molecule has 1 aliphatic rings. The van der Waals surface area contributed by atoms with E-state index in [-0.39, 0.29) is 17.2 Å². The van der Waals surface area contributed by atoms with Crippen LogP contribution in [-0.4, -0.2) is 19.8 Å². The van der Waals surface area contributed by atoms with Gasteiger partial charge >= 0.3 is 0 Å². The minimum atomic E-state index is -0.588. The molecule has 2 nitrogen and oxygen atoms in total. The fourth-order valence-electron chi connectivity index (χ4n) is 2.48. The van der Waals surface area contributed by atoms with Crippen LogP contribution in [0.4, 0.5) is 8.78 Å². The van der Waals surface area contributed by atoms with Crippen molar-refractivity contribution in [2.24, 2.45) is 0 Å². The zero-order valence-electron chi connectivity index (χ0n) is 10.9. The largest absolute Gasteiger partial charge is 0.378 e. The molecule has 0 spiro atoms. The summed E-state index contributed by atoms with van der Waals surface area (Å²) in [4.78, 5) is 0. The van der Waals surface area contributed by atoms with Gasteiger partial charge in [0.05, 0.1) is 11.1 Å². The summed E-state index contributed by atoms with van der Waals surface area (Å²) in [6.07, 6.45) is 3.93. The summed E-state index contributed by atoms with van der Waals surface area (Å²) in [7, 11) is 1.74. The second-order valence-corrected chi connectivity index (χ2v) is 5.25. The van der Waals surface area contributed by atoms with E-state index < -0.39 is 11.6 Å². The lowest BCUT2D eigenvalue weighted by Gasteiger charge is -2.19. The maximum atomic E-state index is 13.8. The highest BCUT2D eigenvalue weighted by atomic mass is 35.5. The third-order valence-corrected chi connectivity index (χ3v) is 3.85. The third kappa shape index (κ3) is 3.65. The van der Waals surface area contributed by atoms with Gasteiger partial charge in [0.2, 0.25) is 0 Å². The average molecular weight is 290 g/mol. The molecule has 106 valence electrons. The van der Waals surface area contributed by atoms with E-state index in [0.29, 0.717) is 12.0 Å². The number of hydrogen-bond acceptors (Lipinski definition) is 2. The van der Waals surface area contributed by atoms with Crippen LogP contribution in [-0.2, 0) is 4.74 Å². The van der Waals surface area contributed by atoms with Crippen molar-refractivity contribution in [1.29, 1.82) is 0 Å². The first-order valence-corrected chi connectivity index (χ1v) is 6.93. The summed E-state index contributed by atoms with van der Waals surface area (Å²) in [5.41, 5.74) is 0.322. The number of nitrogens with one attached hydrogen (secondary N) is 1. The highest BCUT2D eigenvalue weighted by Gasteiger charge is 2.21. The molecule has 0 bridgehead atoms. The van der Waals surface area contributed by atoms with Crippen LogP contribution in [0.1, 0.15) is 37.3 Å². The Bertz CT molecular complexity index is 436. The van der Waals surface area contributed by atoms with Crippen LogP contribution < -0.4 is 5.32 Å². The molecule has 5 heteroatoms. The highest BCUT2D eigenvalue weighted by Crippen LogP contribution is 2.28. The molecule has 1 fully saturated rings. The number of rotatable bonds is 5. The number of ether oxygens (including phenoxy) is 1.